The van der Waals surface area contributed by atoms with Crippen LogP contribution >= 0.6 is 0 Å². The summed E-state index contributed by atoms with van der Waals surface area (Å²) in [5.74, 6) is -1.17. The molecule has 2 N–H and O–H groups in total. The van der Waals surface area contributed by atoms with Gasteiger partial charge in [0.1, 0.15) is 0 Å². The van der Waals surface area contributed by atoms with Gasteiger partial charge in [-0.1, -0.05) is 20.8 Å². The fourth-order valence-corrected chi connectivity index (χ4v) is 2.09. The lowest BCUT2D eigenvalue weighted by molar-refractivity contribution is -0.141. The second-order valence-electron chi connectivity index (χ2n) is 5.95. The molecule has 0 spiro atoms. The average Bonchev–Trinajstić information content (AvgIpc) is 2.62. The van der Waals surface area contributed by atoms with Crippen LogP contribution in [0.5, 0.6) is 0 Å². The van der Waals surface area contributed by atoms with Gasteiger partial charge in [0.15, 0.2) is 0 Å². The van der Waals surface area contributed by atoms with E-state index in [0.717, 1.165) is 23.5 Å². The summed E-state index contributed by atoms with van der Waals surface area (Å²) < 4.78 is 1.93. The number of rotatable bonds is 7. The lowest BCUT2D eigenvalue weighted by atomic mass is 10.1. The highest BCUT2D eigenvalue weighted by molar-refractivity contribution is 5.80. The summed E-state index contributed by atoms with van der Waals surface area (Å²) in [6.45, 7) is 10.6. The van der Waals surface area contributed by atoms with Gasteiger partial charge in [-0.2, -0.15) is 5.10 Å². The number of aromatic nitrogens is 2. The van der Waals surface area contributed by atoms with Crippen molar-refractivity contribution in [2.45, 2.75) is 47.6 Å². The maximum Gasteiger partial charge on any atom is 0.308 e. The largest absolute Gasteiger partial charge is 0.481 e. The van der Waals surface area contributed by atoms with E-state index in [1.54, 1.807) is 6.92 Å². The Labute approximate surface area is 125 Å². The van der Waals surface area contributed by atoms with E-state index in [1.807, 2.05) is 18.5 Å². The lowest BCUT2D eigenvalue weighted by Crippen LogP contribution is -2.32. The number of aryl methyl sites for hydroxylation is 1. The normalized spacial score (nSPS) is 12.5. The third-order valence-electron chi connectivity index (χ3n) is 3.43. The van der Waals surface area contributed by atoms with Crippen LogP contribution in [-0.4, -0.2) is 33.3 Å². The molecule has 1 aromatic rings. The van der Waals surface area contributed by atoms with Gasteiger partial charge in [-0.25, -0.2) is 0 Å². The van der Waals surface area contributed by atoms with Crippen LogP contribution in [0, 0.1) is 25.7 Å². The Kier molecular flexibility index (Phi) is 5.93. The standard InChI is InChI=1S/C15H25N3O3/c1-9(2)8-18-12(5)13(11(4)17-18)6-14(19)16-7-10(3)15(20)21/h9-10H,6-8H2,1-5H3,(H,16,19)(H,20,21). The third-order valence-corrected chi connectivity index (χ3v) is 3.43. The maximum absolute atomic E-state index is 11.9. The predicted molar refractivity (Wildman–Crippen MR) is 80.1 cm³/mol. The molecule has 1 atom stereocenters. The number of amides is 1. The van der Waals surface area contributed by atoms with Gasteiger partial charge in [-0.15, -0.1) is 0 Å². The Morgan fingerprint density at radius 1 is 1.29 bits per heavy atom. The summed E-state index contributed by atoms with van der Waals surface area (Å²) >= 11 is 0. The molecule has 0 aromatic carbocycles. The van der Waals surface area contributed by atoms with Gasteiger partial charge in [0, 0.05) is 24.3 Å². The molecular formula is C15H25N3O3. The molecule has 1 unspecified atom stereocenters. The van der Waals surface area contributed by atoms with Crippen molar-refractivity contribution < 1.29 is 14.7 Å². The maximum atomic E-state index is 11.9. The minimum absolute atomic E-state index is 0.145. The van der Waals surface area contributed by atoms with Gasteiger partial charge in [0.05, 0.1) is 18.0 Å². The number of hydrogen-bond acceptors (Lipinski definition) is 3. The molecule has 1 amide bonds. The fourth-order valence-electron chi connectivity index (χ4n) is 2.09. The molecule has 0 aliphatic rings. The second-order valence-corrected chi connectivity index (χ2v) is 5.95. The smallest absolute Gasteiger partial charge is 0.308 e. The lowest BCUT2D eigenvalue weighted by Gasteiger charge is -2.09. The van der Waals surface area contributed by atoms with E-state index in [4.69, 9.17) is 5.11 Å². The monoisotopic (exact) mass is 295 g/mol. The van der Waals surface area contributed by atoms with E-state index in [9.17, 15) is 9.59 Å². The van der Waals surface area contributed by atoms with Crippen molar-refractivity contribution in [3.05, 3.63) is 17.0 Å². The van der Waals surface area contributed by atoms with Crippen molar-refractivity contribution in [3.63, 3.8) is 0 Å². The van der Waals surface area contributed by atoms with Crippen molar-refractivity contribution in [2.24, 2.45) is 11.8 Å². The highest BCUT2D eigenvalue weighted by Crippen LogP contribution is 2.15. The first kappa shape index (κ1) is 17.2. The topological polar surface area (TPSA) is 84.2 Å². The molecule has 0 radical (unpaired) electrons. The molecular weight excluding hydrogens is 270 g/mol. The second kappa shape index (κ2) is 7.24. The van der Waals surface area contributed by atoms with Crippen LogP contribution in [0.3, 0.4) is 0 Å². The highest BCUT2D eigenvalue weighted by atomic mass is 16.4. The molecule has 0 saturated carbocycles. The SMILES string of the molecule is Cc1nn(CC(C)C)c(C)c1CC(=O)NCC(C)C(=O)O. The molecule has 6 heteroatoms. The number of hydrogen-bond donors (Lipinski definition) is 2. The number of carboxylic acid groups (broad SMARTS) is 1. The summed E-state index contributed by atoms with van der Waals surface area (Å²) in [5.41, 5.74) is 2.79. The van der Waals surface area contributed by atoms with Crippen LogP contribution in [0.1, 0.15) is 37.7 Å². The molecule has 1 rings (SSSR count). The Bertz CT molecular complexity index is 520. The summed E-state index contributed by atoms with van der Waals surface area (Å²) in [4.78, 5) is 22.7. The minimum atomic E-state index is -0.910. The average molecular weight is 295 g/mol. The van der Waals surface area contributed by atoms with Gasteiger partial charge in [0.25, 0.3) is 0 Å². The fraction of sp³-hybridized carbons (Fsp3) is 0.667. The summed E-state index contributed by atoms with van der Waals surface area (Å²) in [6, 6.07) is 0. The molecule has 0 aliphatic carbocycles. The number of carboxylic acids is 1. The Balaban J connectivity index is 2.68. The number of aliphatic carboxylic acids is 1. The van der Waals surface area contributed by atoms with Crippen molar-refractivity contribution in [3.8, 4) is 0 Å². The number of carbonyl (C=O) groups excluding carboxylic acids is 1. The van der Waals surface area contributed by atoms with Crippen LogP contribution < -0.4 is 5.32 Å². The Morgan fingerprint density at radius 2 is 1.90 bits per heavy atom. The van der Waals surface area contributed by atoms with E-state index in [0.29, 0.717) is 5.92 Å². The summed E-state index contributed by atoms with van der Waals surface area (Å²) in [7, 11) is 0. The van der Waals surface area contributed by atoms with Gasteiger partial charge in [0.2, 0.25) is 5.91 Å². The van der Waals surface area contributed by atoms with Gasteiger partial charge in [-0.05, 0) is 19.8 Å². The Hall–Kier alpha value is -1.85. The summed E-state index contributed by atoms with van der Waals surface area (Å²) in [5, 5.41) is 15.9. The van der Waals surface area contributed by atoms with E-state index in [2.05, 4.69) is 24.3 Å². The zero-order valence-corrected chi connectivity index (χ0v) is 13.4. The number of nitrogens with one attached hydrogen (secondary N) is 1. The first-order valence-electron chi connectivity index (χ1n) is 7.24. The van der Waals surface area contributed by atoms with E-state index in [1.165, 1.54) is 0 Å². The van der Waals surface area contributed by atoms with Crippen molar-refractivity contribution in [1.29, 1.82) is 0 Å². The third kappa shape index (κ3) is 4.88. The van der Waals surface area contributed by atoms with Gasteiger partial charge >= 0.3 is 5.97 Å². The van der Waals surface area contributed by atoms with Gasteiger partial charge in [-0.3, -0.25) is 14.3 Å². The molecule has 118 valence electrons. The summed E-state index contributed by atoms with van der Waals surface area (Å²) in [6.07, 6.45) is 0.238. The zero-order chi connectivity index (χ0) is 16.2. The van der Waals surface area contributed by atoms with Crippen LogP contribution in [0.25, 0.3) is 0 Å². The highest BCUT2D eigenvalue weighted by Gasteiger charge is 2.17. The quantitative estimate of drug-likeness (QED) is 0.799. The van der Waals surface area contributed by atoms with E-state index in [-0.39, 0.29) is 18.9 Å². The van der Waals surface area contributed by atoms with E-state index < -0.39 is 11.9 Å². The molecule has 1 heterocycles. The van der Waals surface area contributed by atoms with Crippen LogP contribution in [0.2, 0.25) is 0 Å². The Morgan fingerprint density at radius 3 is 2.43 bits per heavy atom. The molecule has 0 saturated heterocycles. The molecule has 1 aromatic heterocycles. The molecule has 0 aliphatic heterocycles. The number of nitrogens with zero attached hydrogens (tertiary/aromatic N) is 2. The molecule has 0 bridgehead atoms. The van der Waals surface area contributed by atoms with Gasteiger partial charge < -0.3 is 10.4 Å². The van der Waals surface area contributed by atoms with Crippen LogP contribution in [0.4, 0.5) is 0 Å². The first-order valence-corrected chi connectivity index (χ1v) is 7.24. The van der Waals surface area contributed by atoms with Crippen molar-refractivity contribution in [1.82, 2.24) is 15.1 Å². The van der Waals surface area contributed by atoms with Crippen molar-refractivity contribution >= 4 is 11.9 Å². The zero-order valence-electron chi connectivity index (χ0n) is 13.4. The predicted octanol–water partition coefficient (Wildman–Crippen LogP) is 1.54. The number of carbonyl (C=O) groups is 2. The molecule has 0 fully saturated rings. The van der Waals surface area contributed by atoms with Crippen molar-refractivity contribution in [2.75, 3.05) is 6.54 Å². The molecule has 21 heavy (non-hydrogen) atoms. The van der Waals surface area contributed by atoms with Crippen LogP contribution in [0.15, 0.2) is 0 Å². The van der Waals surface area contributed by atoms with Crippen LogP contribution in [-0.2, 0) is 22.6 Å². The molecule has 6 nitrogen and oxygen atoms in total. The minimum Gasteiger partial charge on any atom is -0.481 e. The first-order chi connectivity index (χ1) is 9.72. The van der Waals surface area contributed by atoms with E-state index >= 15 is 0 Å².